The standard InChI is InChI=1S/C12H17NO2/c1-9-5-3-4-6-11(9)7-12(15)13-10(2)8-14/h3-6,10,14H,7-8H2,1-2H3,(H,13,15). The Bertz CT molecular complexity index is 336. The highest BCUT2D eigenvalue weighted by Crippen LogP contribution is 2.07. The van der Waals surface area contributed by atoms with Crippen molar-refractivity contribution in [1.29, 1.82) is 0 Å². The van der Waals surface area contributed by atoms with Gasteiger partial charge in [0.05, 0.1) is 13.0 Å². The summed E-state index contributed by atoms with van der Waals surface area (Å²) < 4.78 is 0. The van der Waals surface area contributed by atoms with Crippen molar-refractivity contribution in [2.24, 2.45) is 0 Å². The molecule has 0 aliphatic rings. The van der Waals surface area contributed by atoms with E-state index in [-0.39, 0.29) is 18.6 Å². The van der Waals surface area contributed by atoms with Gasteiger partial charge in [0.1, 0.15) is 0 Å². The summed E-state index contributed by atoms with van der Waals surface area (Å²) in [6.45, 7) is 3.73. The van der Waals surface area contributed by atoms with Gasteiger partial charge in [-0.25, -0.2) is 0 Å². The van der Waals surface area contributed by atoms with Gasteiger partial charge in [-0.3, -0.25) is 4.79 Å². The van der Waals surface area contributed by atoms with Gasteiger partial charge in [0.2, 0.25) is 5.91 Å². The van der Waals surface area contributed by atoms with Crippen LogP contribution in [-0.2, 0) is 11.2 Å². The topological polar surface area (TPSA) is 49.3 Å². The van der Waals surface area contributed by atoms with Gasteiger partial charge in [0.15, 0.2) is 0 Å². The minimum absolute atomic E-state index is 0.0283. The van der Waals surface area contributed by atoms with Gasteiger partial charge in [-0.15, -0.1) is 0 Å². The lowest BCUT2D eigenvalue weighted by Gasteiger charge is -2.11. The molecule has 0 radical (unpaired) electrons. The molecule has 0 aliphatic heterocycles. The van der Waals surface area contributed by atoms with E-state index in [1.807, 2.05) is 31.2 Å². The first-order chi connectivity index (χ1) is 7.13. The lowest BCUT2D eigenvalue weighted by atomic mass is 10.1. The summed E-state index contributed by atoms with van der Waals surface area (Å²) in [5, 5.41) is 11.5. The van der Waals surface area contributed by atoms with Crippen LogP contribution in [0.15, 0.2) is 24.3 Å². The van der Waals surface area contributed by atoms with Crippen LogP contribution in [0.1, 0.15) is 18.1 Å². The summed E-state index contributed by atoms with van der Waals surface area (Å²) in [5.74, 6) is -0.0501. The second-order valence-corrected chi connectivity index (χ2v) is 3.75. The minimum atomic E-state index is -0.179. The molecule has 0 fully saturated rings. The van der Waals surface area contributed by atoms with Gasteiger partial charge >= 0.3 is 0 Å². The summed E-state index contributed by atoms with van der Waals surface area (Å²) in [4.78, 5) is 11.5. The number of hydrogen-bond acceptors (Lipinski definition) is 2. The van der Waals surface area contributed by atoms with Gasteiger partial charge in [-0.05, 0) is 25.0 Å². The van der Waals surface area contributed by atoms with Crippen molar-refractivity contribution in [2.45, 2.75) is 26.3 Å². The predicted molar refractivity (Wildman–Crippen MR) is 59.6 cm³/mol. The first kappa shape index (κ1) is 11.7. The molecule has 1 atom stereocenters. The summed E-state index contributed by atoms with van der Waals surface area (Å²) in [7, 11) is 0. The van der Waals surface area contributed by atoms with Crippen LogP contribution in [0.4, 0.5) is 0 Å². The Morgan fingerprint density at radius 3 is 2.73 bits per heavy atom. The van der Waals surface area contributed by atoms with E-state index in [1.54, 1.807) is 6.92 Å². The number of aryl methyl sites for hydroxylation is 1. The Morgan fingerprint density at radius 1 is 1.47 bits per heavy atom. The molecule has 0 bridgehead atoms. The molecule has 82 valence electrons. The van der Waals surface area contributed by atoms with Crippen LogP contribution < -0.4 is 5.32 Å². The van der Waals surface area contributed by atoms with Gasteiger partial charge in [-0.1, -0.05) is 24.3 Å². The van der Waals surface area contributed by atoms with Crippen molar-refractivity contribution in [1.82, 2.24) is 5.32 Å². The number of carbonyl (C=O) groups is 1. The van der Waals surface area contributed by atoms with Crippen LogP contribution in [0, 0.1) is 6.92 Å². The smallest absolute Gasteiger partial charge is 0.224 e. The number of amides is 1. The van der Waals surface area contributed by atoms with E-state index in [1.165, 1.54) is 0 Å². The van der Waals surface area contributed by atoms with Gasteiger partial charge in [0, 0.05) is 6.04 Å². The largest absolute Gasteiger partial charge is 0.394 e. The number of aliphatic hydroxyl groups excluding tert-OH is 1. The van der Waals surface area contributed by atoms with Crippen molar-refractivity contribution in [2.75, 3.05) is 6.61 Å². The van der Waals surface area contributed by atoms with Crippen molar-refractivity contribution in [3.05, 3.63) is 35.4 Å². The molecule has 3 nitrogen and oxygen atoms in total. The van der Waals surface area contributed by atoms with Crippen LogP contribution in [0.3, 0.4) is 0 Å². The Kier molecular flexibility index (Phi) is 4.31. The fourth-order valence-electron chi connectivity index (χ4n) is 1.35. The molecule has 0 saturated carbocycles. The van der Waals surface area contributed by atoms with Crippen LogP contribution >= 0.6 is 0 Å². The average molecular weight is 207 g/mol. The number of carbonyl (C=O) groups excluding carboxylic acids is 1. The third kappa shape index (κ3) is 3.72. The highest BCUT2D eigenvalue weighted by molar-refractivity contribution is 5.79. The van der Waals surface area contributed by atoms with Crippen molar-refractivity contribution < 1.29 is 9.90 Å². The number of aliphatic hydroxyl groups is 1. The molecule has 0 saturated heterocycles. The Balaban J connectivity index is 2.55. The van der Waals surface area contributed by atoms with Crippen molar-refractivity contribution >= 4 is 5.91 Å². The molecule has 2 N–H and O–H groups in total. The molecule has 1 rings (SSSR count). The molecule has 0 spiro atoms. The van der Waals surface area contributed by atoms with E-state index in [0.29, 0.717) is 6.42 Å². The first-order valence-corrected chi connectivity index (χ1v) is 5.08. The molecule has 3 heteroatoms. The van der Waals surface area contributed by atoms with Crippen LogP contribution in [0.2, 0.25) is 0 Å². The van der Waals surface area contributed by atoms with Crippen LogP contribution in [0.25, 0.3) is 0 Å². The van der Waals surface area contributed by atoms with Crippen molar-refractivity contribution in [3.8, 4) is 0 Å². The highest BCUT2D eigenvalue weighted by atomic mass is 16.3. The maximum Gasteiger partial charge on any atom is 0.224 e. The van der Waals surface area contributed by atoms with Crippen molar-refractivity contribution in [3.63, 3.8) is 0 Å². The van der Waals surface area contributed by atoms with E-state index in [9.17, 15) is 4.79 Å². The second-order valence-electron chi connectivity index (χ2n) is 3.75. The molecule has 15 heavy (non-hydrogen) atoms. The second kappa shape index (κ2) is 5.51. The SMILES string of the molecule is Cc1ccccc1CC(=O)NC(C)CO. The van der Waals surface area contributed by atoms with E-state index in [4.69, 9.17) is 5.11 Å². The zero-order valence-electron chi connectivity index (χ0n) is 9.16. The van der Waals surface area contributed by atoms with Gasteiger partial charge < -0.3 is 10.4 Å². The predicted octanol–water partition coefficient (Wildman–Crippen LogP) is 1.03. The number of benzene rings is 1. The third-order valence-corrected chi connectivity index (χ3v) is 2.29. The van der Waals surface area contributed by atoms with Crippen LogP contribution in [-0.4, -0.2) is 23.7 Å². The fraction of sp³-hybridized carbons (Fsp3) is 0.417. The molecule has 1 unspecified atom stereocenters. The molecule has 1 amide bonds. The molecule has 0 heterocycles. The molecule has 1 aromatic carbocycles. The molecule has 1 aromatic rings. The summed E-state index contributed by atoms with van der Waals surface area (Å²) >= 11 is 0. The van der Waals surface area contributed by atoms with Gasteiger partial charge in [0.25, 0.3) is 0 Å². The number of nitrogens with one attached hydrogen (secondary N) is 1. The maximum atomic E-state index is 11.5. The highest BCUT2D eigenvalue weighted by Gasteiger charge is 2.07. The van der Waals surface area contributed by atoms with E-state index in [2.05, 4.69) is 5.32 Å². The van der Waals surface area contributed by atoms with E-state index >= 15 is 0 Å². The first-order valence-electron chi connectivity index (χ1n) is 5.08. The Hall–Kier alpha value is -1.35. The quantitative estimate of drug-likeness (QED) is 0.775. The average Bonchev–Trinajstić information content (AvgIpc) is 2.21. The summed E-state index contributed by atoms with van der Waals surface area (Å²) in [6.07, 6.45) is 0.372. The summed E-state index contributed by atoms with van der Waals surface area (Å²) in [5.41, 5.74) is 2.14. The zero-order chi connectivity index (χ0) is 11.3. The Labute approximate surface area is 90.1 Å². The fourth-order valence-corrected chi connectivity index (χ4v) is 1.35. The van der Waals surface area contributed by atoms with Gasteiger partial charge in [-0.2, -0.15) is 0 Å². The summed E-state index contributed by atoms with van der Waals surface area (Å²) in [6, 6.07) is 7.62. The van der Waals surface area contributed by atoms with E-state index < -0.39 is 0 Å². The number of rotatable bonds is 4. The minimum Gasteiger partial charge on any atom is -0.394 e. The molecule has 0 aromatic heterocycles. The molecule has 0 aliphatic carbocycles. The van der Waals surface area contributed by atoms with E-state index in [0.717, 1.165) is 11.1 Å². The Morgan fingerprint density at radius 2 is 2.13 bits per heavy atom. The third-order valence-electron chi connectivity index (χ3n) is 2.29. The lowest BCUT2D eigenvalue weighted by molar-refractivity contribution is -0.121. The number of hydrogen-bond donors (Lipinski definition) is 2. The molecular formula is C12H17NO2. The lowest BCUT2D eigenvalue weighted by Crippen LogP contribution is -2.36. The normalized spacial score (nSPS) is 12.2. The molecular weight excluding hydrogens is 190 g/mol. The van der Waals surface area contributed by atoms with Crippen LogP contribution in [0.5, 0.6) is 0 Å². The monoisotopic (exact) mass is 207 g/mol. The maximum absolute atomic E-state index is 11.5. The zero-order valence-corrected chi connectivity index (χ0v) is 9.16.